The van der Waals surface area contributed by atoms with Gasteiger partial charge in [-0.2, -0.15) is 0 Å². The third kappa shape index (κ3) is 3.77. The summed E-state index contributed by atoms with van der Waals surface area (Å²) in [6, 6.07) is 13.0. The predicted octanol–water partition coefficient (Wildman–Crippen LogP) is 5.39. The van der Waals surface area contributed by atoms with E-state index in [9.17, 15) is 4.79 Å². The van der Waals surface area contributed by atoms with E-state index >= 15 is 0 Å². The molecule has 5 rings (SSSR count). The highest BCUT2D eigenvalue weighted by Gasteiger charge is 2.22. The Morgan fingerprint density at radius 2 is 1.79 bits per heavy atom. The molecule has 7 nitrogen and oxygen atoms in total. The van der Waals surface area contributed by atoms with E-state index in [2.05, 4.69) is 9.97 Å². The summed E-state index contributed by atoms with van der Waals surface area (Å²) < 4.78 is 12.5. The Morgan fingerprint density at radius 1 is 1.06 bits per heavy atom. The molecule has 0 saturated heterocycles. The van der Waals surface area contributed by atoms with Gasteiger partial charge in [-0.3, -0.25) is 4.79 Å². The fourth-order valence-corrected chi connectivity index (χ4v) is 5.19. The van der Waals surface area contributed by atoms with Crippen LogP contribution in [0.15, 0.2) is 59.8 Å². The van der Waals surface area contributed by atoms with E-state index in [1.807, 2.05) is 43.6 Å². The van der Waals surface area contributed by atoms with E-state index in [-0.39, 0.29) is 5.56 Å². The van der Waals surface area contributed by atoms with Gasteiger partial charge >= 0.3 is 0 Å². The average molecular weight is 479 g/mol. The van der Waals surface area contributed by atoms with Crippen molar-refractivity contribution in [2.75, 3.05) is 14.2 Å². The number of H-pyrrole nitrogens is 1. The summed E-state index contributed by atoms with van der Waals surface area (Å²) in [7, 11) is 5.08. The van der Waals surface area contributed by atoms with Crippen molar-refractivity contribution in [1.29, 1.82) is 0 Å². The van der Waals surface area contributed by atoms with Crippen LogP contribution in [0.5, 0.6) is 11.5 Å². The zero-order chi connectivity index (χ0) is 23.1. The molecule has 0 aliphatic carbocycles. The van der Waals surface area contributed by atoms with Crippen LogP contribution in [0.1, 0.15) is 0 Å². The maximum atomic E-state index is 13.3. The SMILES string of the molecule is COc1ccc(-c2c(-c3cc(OC)ccc3Cl)sc3nc(-c4cn(C)cn4)[nH]c(=O)c23)cc1. The lowest BCUT2D eigenvalue weighted by molar-refractivity contribution is 0.415. The summed E-state index contributed by atoms with van der Waals surface area (Å²) in [4.78, 5) is 26.7. The van der Waals surface area contributed by atoms with E-state index < -0.39 is 0 Å². The van der Waals surface area contributed by atoms with Crippen LogP contribution in [0.25, 0.3) is 43.3 Å². The van der Waals surface area contributed by atoms with Crippen molar-refractivity contribution < 1.29 is 9.47 Å². The summed E-state index contributed by atoms with van der Waals surface area (Å²) in [6.45, 7) is 0. The lowest BCUT2D eigenvalue weighted by Gasteiger charge is -2.09. The van der Waals surface area contributed by atoms with E-state index in [1.54, 1.807) is 37.2 Å². The number of aromatic nitrogens is 4. The van der Waals surface area contributed by atoms with Gasteiger partial charge in [0, 0.05) is 34.3 Å². The molecular formula is C24H19ClN4O3S. The lowest BCUT2D eigenvalue weighted by atomic mass is 9.99. The number of thiophene rings is 1. The number of aromatic amines is 1. The van der Waals surface area contributed by atoms with Crippen molar-refractivity contribution in [3.8, 4) is 44.6 Å². The number of nitrogens with one attached hydrogen (secondary N) is 1. The molecular weight excluding hydrogens is 460 g/mol. The van der Waals surface area contributed by atoms with Crippen LogP contribution in [-0.4, -0.2) is 33.7 Å². The molecule has 0 fully saturated rings. The van der Waals surface area contributed by atoms with Crippen LogP contribution in [0, 0.1) is 0 Å². The highest BCUT2D eigenvalue weighted by molar-refractivity contribution is 7.22. The maximum absolute atomic E-state index is 13.3. The summed E-state index contributed by atoms with van der Waals surface area (Å²) in [5, 5.41) is 1.05. The Morgan fingerprint density at radius 3 is 2.45 bits per heavy atom. The molecule has 2 aromatic carbocycles. The van der Waals surface area contributed by atoms with Crippen molar-refractivity contribution in [3.05, 3.63) is 70.4 Å². The predicted molar refractivity (Wildman–Crippen MR) is 131 cm³/mol. The highest BCUT2D eigenvalue weighted by atomic mass is 35.5. The minimum Gasteiger partial charge on any atom is -0.497 e. The molecule has 0 atom stereocenters. The molecule has 5 aromatic rings. The van der Waals surface area contributed by atoms with E-state index in [4.69, 9.17) is 26.1 Å². The minimum absolute atomic E-state index is 0.243. The number of benzene rings is 2. The van der Waals surface area contributed by atoms with Gasteiger partial charge in [0.05, 0.1) is 25.9 Å². The van der Waals surface area contributed by atoms with Crippen molar-refractivity contribution in [1.82, 2.24) is 19.5 Å². The van der Waals surface area contributed by atoms with Gasteiger partial charge in [-0.25, -0.2) is 9.97 Å². The number of imidazole rings is 1. The molecule has 0 amide bonds. The standard InChI is InChI=1S/C24H19ClN4O3S/c1-29-11-18(26-12-29)22-27-23(30)20-19(13-4-6-14(31-2)7-5-13)21(33-24(20)28-22)16-10-15(32-3)8-9-17(16)25/h4-12H,1-3H3,(H,27,28,30). The quantitative estimate of drug-likeness (QED) is 0.366. The topological polar surface area (TPSA) is 82.0 Å². The number of rotatable bonds is 5. The Balaban J connectivity index is 1.82. The van der Waals surface area contributed by atoms with Crippen LogP contribution < -0.4 is 15.0 Å². The van der Waals surface area contributed by atoms with Gasteiger partial charge in [-0.1, -0.05) is 23.7 Å². The lowest BCUT2D eigenvalue weighted by Crippen LogP contribution is -2.09. The van der Waals surface area contributed by atoms with E-state index in [0.717, 1.165) is 27.3 Å². The zero-order valence-corrected chi connectivity index (χ0v) is 19.6. The Kier molecular flexibility index (Phi) is 5.39. The molecule has 166 valence electrons. The Labute approximate surface area is 198 Å². The number of ether oxygens (including phenoxy) is 2. The monoisotopic (exact) mass is 478 g/mol. The molecule has 33 heavy (non-hydrogen) atoms. The largest absolute Gasteiger partial charge is 0.497 e. The molecule has 0 saturated carbocycles. The van der Waals surface area contributed by atoms with Crippen LogP contribution in [-0.2, 0) is 7.05 Å². The third-order valence-electron chi connectivity index (χ3n) is 5.31. The first-order valence-corrected chi connectivity index (χ1v) is 11.2. The van der Waals surface area contributed by atoms with Gasteiger partial charge in [0.15, 0.2) is 5.82 Å². The van der Waals surface area contributed by atoms with Crippen LogP contribution in [0.4, 0.5) is 0 Å². The second-order valence-corrected chi connectivity index (χ2v) is 8.81. The number of aryl methyl sites for hydroxylation is 1. The minimum atomic E-state index is -0.243. The fourth-order valence-electron chi connectivity index (χ4n) is 3.69. The molecule has 0 bridgehead atoms. The molecule has 0 spiro atoms. The van der Waals surface area contributed by atoms with E-state index in [0.29, 0.717) is 32.5 Å². The molecule has 1 N–H and O–H groups in total. The van der Waals surface area contributed by atoms with Gasteiger partial charge in [0.25, 0.3) is 5.56 Å². The van der Waals surface area contributed by atoms with Gasteiger partial charge < -0.3 is 19.0 Å². The van der Waals surface area contributed by atoms with Crippen molar-refractivity contribution >= 4 is 33.2 Å². The summed E-state index contributed by atoms with van der Waals surface area (Å²) in [6.07, 6.45) is 3.47. The second kappa shape index (κ2) is 8.38. The highest BCUT2D eigenvalue weighted by Crippen LogP contribution is 2.46. The van der Waals surface area contributed by atoms with Gasteiger partial charge in [0.2, 0.25) is 0 Å². The fraction of sp³-hybridized carbons (Fsp3) is 0.125. The van der Waals surface area contributed by atoms with Crippen molar-refractivity contribution in [2.24, 2.45) is 7.05 Å². The zero-order valence-electron chi connectivity index (χ0n) is 18.0. The summed E-state index contributed by atoms with van der Waals surface area (Å²) in [5.74, 6) is 1.81. The molecule has 9 heteroatoms. The molecule has 3 heterocycles. The van der Waals surface area contributed by atoms with Crippen molar-refractivity contribution in [3.63, 3.8) is 0 Å². The molecule has 0 radical (unpaired) electrons. The van der Waals surface area contributed by atoms with Crippen molar-refractivity contribution in [2.45, 2.75) is 0 Å². The first-order chi connectivity index (χ1) is 16.0. The smallest absolute Gasteiger partial charge is 0.260 e. The number of hydrogen-bond acceptors (Lipinski definition) is 6. The Hall–Kier alpha value is -3.62. The first-order valence-electron chi connectivity index (χ1n) is 10.0. The van der Waals surface area contributed by atoms with Crippen LogP contribution in [0.3, 0.4) is 0 Å². The number of nitrogens with zero attached hydrogens (tertiary/aromatic N) is 3. The third-order valence-corrected chi connectivity index (χ3v) is 6.75. The molecule has 3 aromatic heterocycles. The van der Waals surface area contributed by atoms with Crippen LogP contribution in [0.2, 0.25) is 5.02 Å². The average Bonchev–Trinajstić information content (AvgIpc) is 3.43. The first kappa shape index (κ1) is 21.2. The van der Waals surface area contributed by atoms with E-state index in [1.165, 1.54) is 11.3 Å². The Bertz CT molecular complexity index is 1540. The van der Waals surface area contributed by atoms with Gasteiger partial charge in [0.1, 0.15) is 22.0 Å². The van der Waals surface area contributed by atoms with Gasteiger partial charge in [-0.15, -0.1) is 11.3 Å². The molecule has 0 unspecified atom stereocenters. The van der Waals surface area contributed by atoms with Gasteiger partial charge in [-0.05, 0) is 35.9 Å². The molecule has 0 aliphatic heterocycles. The number of hydrogen-bond donors (Lipinski definition) is 1. The normalized spacial score (nSPS) is 11.2. The van der Waals surface area contributed by atoms with Crippen LogP contribution >= 0.6 is 22.9 Å². The maximum Gasteiger partial charge on any atom is 0.260 e. The number of methoxy groups -OCH3 is 2. The second-order valence-electron chi connectivity index (χ2n) is 7.40. The summed E-state index contributed by atoms with van der Waals surface area (Å²) in [5.41, 5.74) is 2.73. The summed E-state index contributed by atoms with van der Waals surface area (Å²) >= 11 is 8.01. The molecule has 0 aliphatic rings. The number of halogens is 1. The number of fused-ring (bicyclic) bond motifs is 1.